The molecule has 1 aromatic rings. The molecule has 1 saturated heterocycles. The Kier molecular flexibility index (Phi) is 10.7. The molecule has 0 spiro atoms. The number of ether oxygens (including phenoxy) is 3. The van der Waals surface area contributed by atoms with Crippen LogP contribution >= 0.6 is 0 Å². The molecule has 54 heavy (non-hydrogen) atoms. The van der Waals surface area contributed by atoms with Crippen LogP contribution in [0, 0.1) is 22.2 Å². The highest BCUT2D eigenvalue weighted by molar-refractivity contribution is 7.90. The topological polar surface area (TPSA) is 178 Å². The summed E-state index contributed by atoms with van der Waals surface area (Å²) in [6.45, 7) is 13.8. The van der Waals surface area contributed by atoms with Gasteiger partial charge in [-0.15, -0.1) is 6.58 Å². The van der Waals surface area contributed by atoms with Crippen molar-refractivity contribution >= 4 is 39.8 Å². The lowest BCUT2D eigenvalue weighted by Gasteiger charge is -2.35. The van der Waals surface area contributed by atoms with Gasteiger partial charge in [0.15, 0.2) is 5.78 Å². The number of hydrogen-bond acceptors (Lipinski definition) is 10. The van der Waals surface area contributed by atoms with Crippen molar-refractivity contribution in [1.29, 1.82) is 0 Å². The molecule has 6 rings (SSSR count). The fourth-order valence-electron chi connectivity index (χ4n) is 7.51. The number of Topliss-reactive ketones (excluding diaryl/α,β-unsaturated/α-hetero) is 1. The van der Waals surface area contributed by atoms with E-state index in [1.54, 1.807) is 20.8 Å². The lowest BCUT2D eigenvalue weighted by Crippen LogP contribution is -2.57. The third-order valence-corrected chi connectivity index (χ3v) is 12.9. The van der Waals surface area contributed by atoms with Crippen molar-refractivity contribution in [3.8, 4) is 5.75 Å². The first-order valence-electron chi connectivity index (χ1n) is 18.6. The van der Waals surface area contributed by atoms with Gasteiger partial charge in [-0.1, -0.05) is 65.0 Å². The molecule has 4 amide bonds. The molecule has 2 saturated carbocycles. The van der Waals surface area contributed by atoms with Gasteiger partial charge < -0.3 is 24.4 Å². The molecular weight excluding hydrogens is 717 g/mol. The Hall–Kier alpha value is -4.40. The Morgan fingerprint density at radius 1 is 1.09 bits per heavy atom. The van der Waals surface area contributed by atoms with Gasteiger partial charge in [0.05, 0.1) is 36.4 Å². The van der Waals surface area contributed by atoms with Crippen LogP contribution in [0.4, 0.5) is 9.59 Å². The van der Waals surface area contributed by atoms with Gasteiger partial charge in [-0.05, 0) is 48.6 Å². The maximum Gasteiger partial charge on any atom is 0.410 e. The average molecular weight is 769 g/mol. The molecule has 3 fully saturated rings. The zero-order valence-corrected chi connectivity index (χ0v) is 32.5. The van der Waals surface area contributed by atoms with Crippen LogP contribution in [0.1, 0.15) is 84.3 Å². The second-order valence-corrected chi connectivity index (χ2v) is 19.1. The largest absolute Gasteiger partial charge is 0.489 e. The Balaban J connectivity index is 1.28. The number of sulfonamides is 1. The van der Waals surface area contributed by atoms with E-state index in [9.17, 15) is 32.4 Å². The normalized spacial score (nSPS) is 29.5. The molecule has 0 radical (unpaired) electrons. The van der Waals surface area contributed by atoms with Crippen LogP contribution in [0.2, 0.25) is 0 Å². The van der Waals surface area contributed by atoms with Crippen LogP contribution in [0.5, 0.6) is 5.75 Å². The summed E-state index contributed by atoms with van der Waals surface area (Å²) >= 11 is 0. The molecule has 2 N–H and O–H groups in total. The lowest BCUT2D eigenvalue weighted by atomic mass is 9.85. The molecular formula is C39H52N4O10S. The van der Waals surface area contributed by atoms with Gasteiger partial charge in [0, 0.05) is 30.4 Å². The predicted molar refractivity (Wildman–Crippen MR) is 197 cm³/mol. The van der Waals surface area contributed by atoms with Crippen molar-refractivity contribution < 1.29 is 46.6 Å². The molecule has 3 heterocycles. The van der Waals surface area contributed by atoms with Gasteiger partial charge >= 0.3 is 12.2 Å². The summed E-state index contributed by atoms with van der Waals surface area (Å²) in [6.07, 6.45) is 4.39. The molecule has 5 atom stereocenters. The molecule has 0 aromatic heterocycles. The maximum absolute atomic E-state index is 14.5. The van der Waals surface area contributed by atoms with E-state index >= 15 is 0 Å². The fraction of sp³-hybridized carbons (Fsp3) is 0.615. The fourth-order valence-corrected chi connectivity index (χ4v) is 8.90. The highest BCUT2D eigenvalue weighted by atomic mass is 32.2. The summed E-state index contributed by atoms with van der Waals surface area (Å²) in [5.41, 5.74) is -0.839. The van der Waals surface area contributed by atoms with Gasteiger partial charge in [0.25, 0.3) is 0 Å². The number of nitrogens with zero attached hydrogens (tertiary/aromatic N) is 2. The van der Waals surface area contributed by atoms with E-state index in [1.807, 2.05) is 44.2 Å². The van der Waals surface area contributed by atoms with Crippen molar-refractivity contribution in [2.75, 3.05) is 19.8 Å². The van der Waals surface area contributed by atoms with Gasteiger partial charge in [-0.25, -0.2) is 18.0 Å². The van der Waals surface area contributed by atoms with Crippen LogP contribution in [-0.2, 0) is 47.0 Å². The number of carbonyl (C=O) groups is 5. The molecule has 4 bridgehead atoms. The summed E-state index contributed by atoms with van der Waals surface area (Å²) in [5, 5.41) is 2.09. The number of allylic oxidation sites excluding steroid dienone is 2. The van der Waals surface area contributed by atoms with Gasteiger partial charge in [-0.2, -0.15) is 0 Å². The molecule has 1 aromatic carbocycles. The quantitative estimate of drug-likeness (QED) is 0.379. The van der Waals surface area contributed by atoms with Gasteiger partial charge in [0.2, 0.25) is 21.8 Å². The molecule has 1 unspecified atom stereocenters. The average Bonchev–Trinajstić information content (AvgIpc) is 3.99. The van der Waals surface area contributed by atoms with E-state index in [-0.39, 0.29) is 45.5 Å². The number of alkyl carbamates (subject to hydrolysis) is 1. The Morgan fingerprint density at radius 2 is 1.83 bits per heavy atom. The molecule has 2 aliphatic carbocycles. The molecule has 5 aliphatic rings. The molecule has 15 heteroatoms. The molecule has 14 nitrogen and oxygen atoms in total. The number of benzene rings is 1. The van der Waals surface area contributed by atoms with E-state index in [0.29, 0.717) is 31.6 Å². The highest BCUT2D eigenvalue weighted by Gasteiger charge is 2.61. The summed E-state index contributed by atoms with van der Waals surface area (Å²) in [6, 6.07) is 3.37. The third kappa shape index (κ3) is 8.45. The smallest absolute Gasteiger partial charge is 0.410 e. The van der Waals surface area contributed by atoms with Crippen LogP contribution in [0.15, 0.2) is 43.0 Å². The van der Waals surface area contributed by atoms with E-state index in [4.69, 9.17) is 14.2 Å². The highest BCUT2D eigenvalue weighted by Crippen LogP contribution is 2.57. The lowest BCUT2D eigenvalue weighted by molar-refractivity contribution is -0.142. The minimum absolute atomic E-state index is 0.0515. The zero-order valence-electron chi connectivity index (χ0n) is 31.7. The summed E-state index contributed by atoms with van der Waals surface area (Å²) in [7, 11) is -3.88. The number of rotatable bonds is 7. The van der Waals surface area contributed by atoms with Crippen LogP contribution < -0.4 is 14.8 Å². The van der Waals surface area contributed by atoms with Crippen LogP contribution in [0.3, 0.4) is 0 Å². The van der Waals surface area contributed by atoms with Crippen molar-refractivity contribution in [2.24, 2.45) is 22.2 Å². The van der Waals surface area contributed by atoms with Crippen molar-refractivity contribution in [3.63, 3.8) is 0 Å². The minimum atomic E-state index is -3.88. The van der Waals surface area contributed by atoms with E-state index in [2.05, 4.69) is 16.6 Å². The summed E-state index contributed by atoms with van der Waals surface area (Å²) < 4.78 is 45.3. The summed E-state index contributed by atoms with van der Waals surface area (Å²) in [5.74, 6) is -1.63. The zero-order chi connectivity index (χ0) is 39.2. The SMILES string of the molecule is C=C[C@H]1C[C@@]1(CC(=O)C1C[C@@H]2CN1C(=O)[C@H](C(C)(C)C)NC(=O)OCC(C)(C)C/C=C/COc1cccc3c1CN(C3)C(=O)O2)C(=O)NS(=O)(=O)C1CC1. The van der Waals surface area contributed by atoms with E-state index in [1.165, 1.54) is 15.9 Å². The van der Waals surface area contributed by atoms with Crippen LogP contribution in [0.25, 0.3) is 0 Å². The van der Waals surface area contributed by atoms with Crippen molar-refractivity contribution in [3.05, 3.63) is 54.1 Å². The van der Waals surface area contributed by atoms with Crippen molar-refractivity contribution in [2.45, 2.75) is 110 Å². The number of hydrogen-bond donors (Lipinski definition) is 2. The minimum Gasteiger partial charge on any atom is -0.489 e. The maximum atomic E-state index is 14.5. The Morgan fingerprint density at radius 3 is 2.50 bits per heavy atom. The first-order chi connectivity index (χ1) is 25.3. The Labute approximate surface area is 317 Å². The number of ketones is 1. The monoisotopic (exact) mass is 768 g/mol. The molecule has 3 aliphatic heterocycles. The third-order valence-electron chi connectivity index (χ3n) is 11.1. The number of fused-ring (bicyclic) bond motifs is 3. The molecule has 294 valence electrons. The number of carbonyl (C=O) groups excluding carboxylic acids is 5. The number of cyclic esters (lactones) is 1. The van der Waals surface area contributed by atoms with E-state index < -0.39 is 85.4 Å². The first kappa shape index (κ1) is 39.3. The standard InChI is InChI=1S/C39H52N4O10S/c1-7-25-18-39(25,34(46)41-54(49,50)27-13-14-27)19-30(44)29-17-26-21-43(29)33(45)32(37(2,3)4)40-35(47)52-23-38(5,6)15-8-9-16-51-31-12-10-11-24-20-42(22-28(24)31)36(48)53-26/h7-12,25-27,29,32H,1,13-23H2,2-6H3,(H,40,47)(H,41,46)/b9-8+/t25-,26+,29?,32+,39-/m0/s1. The van der Waals surface area contributed by atoms with Crippen LogP contribution in [-0.4, -0.2) is 91.2 Å². The number of amides is 4. The second kappa shape index (κ2) is 14.7. The second-order valence-electron chi connectivity index (χ2n) is 17.2. The van der Waals surface area contributed by atoms with Crippen molar-refractivity contribution in [1.82, 2.24) is 19.8 Å². The van der Waals surface area contributed by atoms with E-state index in [0.717, 1.165) is 11.1 Å². The Bertz CT molecular complexity index is 1850. The predicted octanol–water partition coefficient (Wildman–Crippen LogP) is 4.37. The summed E-state index contributed by atoms with van der Waals surface area (Å²) in [4.78, 5) is 72.1. The number of nitrogens with one attached hydrogen (secondary N) is 2. The first-order valence-corrected chi connectivity index (χ1v) is 20.2. The van der Waals surface area contributed by atoms with Gasteiger partial charge in [0.1, 0.15) is 24.5 Å². The van der Waals surface area contributed by atoms with Gasteiger partial charge in [-0.3, -0.25) is 24.0 Å².